The van der Waals surface area contributed by atoms with Crippen LogP contribution >= 0.6 is 25.3 Å². The van der Waals surface area contributed by atoms with Gasteiger partial charge >= 0.3 is 0 Å². The molecule has 4 rings (SSSR count). The molecule has 0 aliphatic carbocycles. The number of para-hydroxylation sites is 1. The number of H-pyrrole nitrogens is 2. The average Bonchev–Trinajstić information content (AvgIpc) is 4.01. The molecule has 7 atom stereocenters. The lowest BCUT2D eigenvalue weighted by Gasteiger charge is -2.28. The number of nitrogens with zero attached hydrogens (tertiary/aromatic N) is 2. The third kappa shape index (κ3) is 18.3. The van der Waals surface area contributed by atoms with E-state index in [2.05, 4.69) is 82.4 Å². The number of rotatable bonds is 29. The van der Waals surface area contributed by atoms with Crippen LogP contribution < -0.4 is 60.2 Å². The number of nitrogens with one attached hydrogen (secondary N) is 9. The third-order valence-corrected chi connectivity index (χ3v) is 11.6. The van der Waals surface area contributed by atoms with Gasteiger partial charge in [-0.05, 0) is 36.5 Å². The van der Waals surface area contributed by atoms with Gasteiger partial charge in [0.2, 0.25) is 53.2 Å². The number of hydrogen-bond donors (Lipinski definition) is 15. The highest BCUT2D eigenvalue weighted by Gasteiger charge is 2.34. The maximum atomic E-state index is 14.6. The number of carbonyl (C=O) groups is 9. The summed E-state index contributed by atoms with van der Waals surface area (Å²) in [5.74, 6) is -7.70. The SMILES string of the molecule is CC(=O)N[C@@H](CS)C(=O)N[C@@H](CCC(N)=O)C(=O)N[C@@H](Cc1cnc[nH]1)C(=O)N[C@H](Cc1ccccc1)C(=O)N[C@@H](CCCN=C(N)N)C(=O)N[C@@H](Cc1c[nH]c2ccccc12)C(=O)N[C@@H](CS)C(N)=O. The fraction of sp³-hybridized carbons (Fsp3) is 0.400. The number of amides is 9. The van der Waals surface area contributed by atoms with E-state index in [9.17, 15) is 43.2 Å². The van der Waals surface area contributed by atoms with E-state index in [-0.39, 0.29) is 69.0 Å². The Labute approximate surface area is 419 Å². The van der Waals surface area contributed by atoms with Crippen LogP contribution in [0.4, 0.5) is 0 Å². The van der Waals surface area contributed by atoms with Gasteiger partial charge in [-0.15, -0.1) is 0 Å². The molecular weight excluding hydrogens is 959 g/mol. The normalized spacial score (nSPS) is 13.9. The van der Waals surface area contributed by atoms with Crippen LogP contribution in [0.3, 0.4) is 0 Å². The van der Waals surface area contributed by atoms with Crippen LogP contribution in [0, 0.1) is 0 Å². The predicted octanol–water partition coefficient (Wildman–Crippen LogP) is -3.00. The monoisotopic (exact) mass is 1020 g/mol. The van der Waals surface area contributed by atoms with Crippen molar-refractivity contribution < 1.29 is 43.2 Å². The minimum atomic E-state index is -1.46. The number of carbonyl (C=O) groups excluding carboxylic acids is 9. The first-order chi connectivity index (χ1) is 33.9. The Morgan fingerprint density at radius 3 is 1.68 bits per heavy atom. The van der Waals surface area contributed by atoms with Gasteiger partial charge in [-0.3, -0.25) is 48.1 Å². The lowest BCUT2D eigenvalue weighted by atomic mass is 10.0. The fourth-order valence-corrected chi connectivity index (χ4v) is 7.75. The van der Waals surface area contributed by atoms with Crippen molar-refractivity contribution in [3.63, 3.8) is 0 Å². The van der Waals surface area contributed by atoms with Crippen LogP contribution in [-0.4, -0.2) is 134 Å². The summed E-state index contributed by atoms with van der Waals surface area (Å²) < 4.78 is 0. The second kappa shape index (κ2) is 28.2. The first-order valence-electron chi connectivity index (χ1n) is 22.4. The Hall–Kier alpha value is -7.61. The molecule has 0 saturated carbocycles. The Morgan fingerprint density at radius 2 is 1.13 bits per heavy atom. The van der Waals surface area contributed by atoms with E-state index in [1.165, 1.54) is 19.4 Å². The Morgan fingerprint density at radius 1 is 0.606 bits per heavy atom. The van der Waals surface area contributed by atoms with E-state index in [1.54, 1.807) is 42.6 Å². The molecule has 0 saturated heterocycles. The molecule has 24 nitrogen and oxygen atoms in total. The zero-order valence-corrected chi connectivity index (χ0v) is 40.6. The molecular formula is C45H61N15O9S2. The predicted molar refractivity (Wildman–Crippen MR) is 269 cm³/mol. The van der Waals surface area contributed by atoms with Crippen molar-refractivity contribution in [2.24, 2.45) is 27.9 Å². The van der Waals surface area contributed by atoms with Gasteiger partial charge in [0.05, 0.1) is 6.33 Å². The van der Waals surface area contributed by atoms with Crippen molar-refractivity contribution in [2.75, 3.05) is 18.1 Å². The zero-order valence-electron chi connectivity index (χ0n) is 38.8. The molecule has 0 radical (unpaired) electrons. The van der Waals surface area contributed by atoms with Gasteiger partial charge in [-0.25, -0.2) is 4.98 Å². The van der Waals surface area contributed by atoms with Crippen molar-refractivity contribution in [1.82, 2.24) is 52.2 Å². The molecule has 382 valence electrons. The quantitative estimate of drug-likeness (QED) is 0.0112. The maximum Gasteiger partial charge on any atom is 0.244 e. The summed E-state index contributed by atoms with van der Waals surface area (Å²) in [6, 6.07) is 6.51. The Balaban J connectivity index is 1.67. The first-order valence-corrected chi connectivity index (χ1v) is 23.7. The highest BCUT2D eigenvalue weighted by molar-refractivity contribution is 7.80. The largest absolute Gasteiger partial charge is 0.370 e. The Kier molecular flexibility index (Phi) is 22.2. The van der Waals surface area contributed by atoms with Gasteiger partial charge in [-0.2, -0.15) is 25.3 Å². The summed E-state index contributed by atoms with van der Waals surface area (Å²) in [6.45, 7) is 1.24. The van der Waals surface area contributed by atoms with Gasteiger partial charge in [0.1, 0.15) is 42.3 Å². The minimum absolute atomic E-state index is 0.0477. The number of thiol groups is 2. The molecule has 2 aromatic heterocycles. The van der Waals surface area contributed by atoms with Crippen molar-refractivity contribution in [2.45, 2.75) is 94.2 Å². The second-order valence-corrected chi connectivity index (χ2v) is 17.1. The van der Waals surface area contributed by atoms with Gasteiger partial charge in [0.15, 0.2) is 5.96 Å². The highest BCUT2D eigenvalue weighted by Crippen LogP contribution is 2.20. The minimum Gasteiger partial charge on any atom is -0.370 e. The topological polar surface area (TPSA) is 399 Å². The number of guanidine groups is 1. The summed E-state index contributed by atoms with van der Waals surface area (Å²) in [7, 11) is 0. The number of aromatic amines is 2. The maximum absolute atomic E-state index is 14.6. The van der Waals surface area contributed by atoms with Crippen molar-refractivity contribution in [1.29, 1.82) is 0 Å². The summed E-state index contributed by atoms with van der Waals surface area (Å²) >= 11 is 8.26. The molecule has 4 aromatic rings. The van der Waals surface area contributed by atoms with Crippen molar-refractivity contribution in [3.05, 3.63) is 90.1 Å². The van der Waals surface area contributed by atoms with E-state index >= 15 is 0 Å². The molecule has 71 heavy (non-hydrogen) atoms. The van der Waals surface area contributed by atoms with Crippen LogP contribution in [0.2, 0.25) is 0 Å². The molecule has 0 bridgehead atoms. The van der Waals surface area contributed by atoms with Crippen LogP contribution in [0.25, 0.3) is 10.9 Å². The molecule has 9 amide bonds. The number of benzene rings is 2. The van der Waals surface area contributed by atoms with Gasteiger partial charge in [0, 0.05) is 79.6 Å². The summed E-state index contributed by atoms with van der Waals surface area (Å²) in [4.78, 5) is 134. The number of hydrogen-bond acceptors (Lipinski definition) is 13. The lowest BCUT2D eigenvalue weighted by molar-refractivity contribution is -0.135. The van der Waals surface area contributed by atoms with E-state index < -0.39 is 95.5 Å². The van der Waals surface area contributed by atoms with Gasteiger partial charge in [-0.1, -0.05) is 48.5 Å². The van der Waals surface area contributed by atoms with Gasteiger partial charge < -0.3 is 70.1 Å². The van der Waals surface area contributed by atoms with Crippen LogP contribution in [0.1, 0.15) is 49.4 Å². The standard InChI is InChI=1S/C45H61N15O9S2/c1-24(61)54-36(22-71)44(69)56-31(13-14-37(46)62)40(65)59-34(18-27-20-50-23-53-27)43(68)57-32(16-25-8-3-2-4-9-25)41(66)55-30(12-7-15-51-45(48)49)39(64)58-33(42(67)60-35(21-70)38(47)63)17-26-19-52-29-11-6-5-10-28(26)29/h2-6,8-11,19-20,23,30-36,52,70-71H,7,12-18,21-22H2,1H3,(H2,46,62)(H2,47,63)(H,50,53)(H,54,61)(H,55,66)(H,56,69)(H,57,68)(H,58,64)(H,59,65)(H,60,67)(H4,48,49,51)/t30-,31-,32+,33-,34-,35-,36-/m0/s1. The van der Waals surface area contributed by atoms with E-state index in [0.29, 0.717) is 16.8 Å². The van der Waals surface area contributed by atoms with Crippen molar-refractivity contribution in [3.8, 4) is 0 Å². The fourth-order valence-electron chi connectivity index (χ4n) is 7.22. The molecule has 0 unspecified atom stereocenters. The van der Waals surface area contributed by atoms with Crippen molar-refractivity contribution >= 4 is 95.3 Å². The summed E-state index contributed by atoms with van der Waals surface area (Å²) in [6.07, 6.45) is 3.47. The molecule has 0 aliphatic heterocycles. The molecule has 0 spiro atoms. The van der Waals surface area contributed by atoms with Crippen LogP contribution in [0.5, 0.6) is 0 Å². The first kappa shape index (κ1) is 56.0. The van der Waals surface area contributed by atoms with E-state index in [4.69, 9.17) is 22.9 Å². The number of aromatic nitrogens is 3. The smallest absolute Gasteiger partial charge is 0.244 e. The molecule has 2 heterocycles. The second-order valence-electron chi connectivity index (χ2n) is 16.4. The lowest BCUT2D eigenvalue weighted by Crippen LogP contribution is -2.61. The number of nitrogens with two attached hydrogens (primary N) is 4. The molecule has 2 aromatic carbocycles. The van der Waals surface area contributed by atoms with Gasteiger partial charge in [0.25, 0.3) is 0 Å². The van der Waals surface area contributed by atoms with Crippen LogP contribution in [0.15, 0.2) is 78.3 Å². The number of aliphatic imine (C=N–C) groups is 1. The zero-order chi connectivity index (χ0) is 52.0. The summed E-state index contributed by atoms with van der Waals surface area (Å²) in [5, 5.41) is 19.0. The Bertz CT molecular complexity index is 2500. The highest BCUT2D eigenvalue weighted by atomic mass is 32.1. The average molecular weight is 1020 g/mol. The molecule has 0 fully saturated rings. The molecule has 26 heteroatoms. The number of primary amides is 2. The molecule has 0 aliphatic rings. The van der Waals surface area contributed by atoms with Crippen LogP contribution in [-0.2, 0) is 62.4 Å². The molecule has 17 N–H and O–H groups in total. The van der Waals surface area contributed by atoms with E-state index in [0.717, 1.165) is 10.9 Å². The summed E-state index contributed by atoms with van der Waals surface area (Å²) in [5.41, 5.74) is 24.4. The number of imidazole rings is 1. The van der Waals surface area contributed by atoms with E-state index in [1.807, 2.05) is 18.2 Å². The number of fused-ring (bicyclic) bond motifs is 1. The third-order valence-electron chi connectivity index (χ3n) is 10.9.